The van der Waals surface area contributed by atoms with Crippen molar-refractivity contribution in [1.82, 2.24) is 0 Å². The maximum Gasteiger partial charge on any atom is 0.210 e. The fourth-order valence-corrected chi connectivity index (χ4v) is 4.29. The third kappa shape index (κ3) is 8.00. The summed E-state index contributed by atoms with van der Waals surface area (Å²) in [7, 11) is 1.69. The van der Waals surface area contributed by atoms with E-state index < -0.39 is 0 Å². The Morgan fingerprint density at radius 2 is 1.53 bits per heavy atom. The minimum atomic E-state index is -0.145. The van der Waals surface area contributed by atoms with Crippen molar-refractivity contribution in [3.05, 3.63) is 59.7 Å². The first kappa shape index (κ1) is 27.6. The van der Waals surface area contributed by atoms with Crippen LogP contribution in [0.5, 0.6) is 11.5 Å². The molecule has 0 fully saturated rings. The van der Waals surface area contributed by atoms with Gasteiger partial charge in [0.2, 0.25) is 11.8 Å². The highest BCUT2D eigenvalue weighted by Gasteiger charge is 2.31. The third-order valence-electron chi connectivity index (χ3n) is 6.20. The van der Waals surface area contributed by atoms with Gasteiger partial charge in [-0.05, 0) is 75.1 Å². The molecular weight excluding hydrogens is 452 g/mol. The number of nitrogens with zero attached hydrogens (tertiary/aromatic N) is 2. The van der Waals surface area contributed by atoms with Gasteiger partial charge in [-0.3, -0.25) is 0 Å². The molecule has 2 atom stereocenters. The van der Waals surface area contributed by atoms with E-state index in [2.05, 4.69) is 56.3 Å². The van der Waals surface area contributed by atoms with E-state index >= 15 is 0 Å². The molecule has 0 aliphatic carbocycles. The van der Waals surface area contributed by atoms with E-state index in [4.69, 9.17) is 28.9 Å². The number of ether oxygens (including phenoxy) is 4. The molecule has 0 radical (unpaired) electrons. The van der Waals surface area contributed by atoms with E-state index in [1.807, 2.05) is 19.9 Å². The van der Waals surface area contributed by atoms with Gasteiger partial charge in [-0.25, -0.2) is 9.98 Å². The smallest absolute Gasteiger partial charge is 0.210 e. The highest BCUT2D eigenvalue weighted by Crippen LogP contribution is 2.29. The Morgan fingerprint density at radius 1 is 0.778 bits per heavy atom. The van der Waals surface area contributed by atoms with Crippen LogP contribution in [0.15, 0.2) is 58.5 Å². The maximum absolute atomic E-state index is 6.04. The van der Waals surface area contributed by atoms with Crippen LogP contribution < -0.4 is 9.47 Å². The van der Waals surface area contributed by atoms with E-state index in [0.29, 0.717) is 31.6 Å². The second-order valence-corrected chi connectivity index (χ2v) is 9.32. The number of aliphatic imine (C=N–C) groups is 2. The summed E-state index contributed by atoms with van der Waals surface area (Å²) in [5, 5.41) is 0. The molecule has 0 aromatic heterocycles. The van der Waals surface area contributed by atoms with Crippen LogP contribution in [0.3, 0.4) is 0 Å². The van der Waals surface area contributed by atoms with E-state index in [1.165, 1.54) is 11.1 Å². The van der Waals surface area contributed by atoms with Crippen LogP contribution in [0.1, 0.15) is 58.1 Å². The lowest BCUT2D eigenvalue weighted by molar-refractivity contribution is 0.274. The number of hydrogen-bond acceptors (Lipinski definition) is 6. The molecular formula is C30H42N2O4. The zero-order valence-electron chi connectivity index (χ0n) is 22.5. The van der Waals surface area contributed by atoms with Gasteiger partial charge in [0.1, 0.15) is 12.1 Å². The van der Waals surface area contributed by atoms with Crippen LogP contribution in [0.4, 0.5) is 0 Å². The molecule has 36 heavy (non-hydrogen) atoms. The number of rotatable bonds is 13. The van der Waals surface area contributed by atoms with Crippen molar-refractivity contribution in [2.45, 2.75) is 71.9 Å². The minimum absolute atomic E-state index is 0.0908. The summed E-state index contributed by atoms with van der Waals surface area (Å²) >= 11 is 0. The first-order chi connectivity index (χ1) is 17.5. The molecule has 0 saturated heterocycles. The van der Waals surface area contributed by atoms with Crippen molar-refractivity contribution in [3.63, 3.8) is 0 Å². The van der Waals surface area contributed by atoms with Crippen molar-refractivity contribution in [1.29, 1.82) is 0 Å². The highest BCUT2D eigenvalue weighted by molar-refractivity contribution is 5.94. The summed E-state index contributed by atoms with van der Waals surface area (Å²) in [5.41, 5.74) is 2.53. The van der Waals surface area contributed by atoms with Gasteiger partial charge in [-0.1, -0.05) is 50.2 Å². The normalized spacial score (nSPS) is 17.4. The molecule has 0 N–H and O–H groups in total. The maximum atomic E-state index is 6.04. The van der Waals surface area contributed by atoms with Crippen LogP contribution >= 0.6 is 0 Å². The van der Waals surface area contributed by atoms with Crippen LogP contribution in [0.2, 0.25) is 0 Å². The number of benzene rings is 2. The molecule has 0 bridgehead atoms. The molecule has 0 saturated carbocycles. The predicted molar refractivity (Wildman–Crippen MR) is 147 cm³/mol. The summed E-state index contributed by atoms with van der Waals surface area (Å²) in [4.78, 5) is 9.79. The average Bonchev–Trinajstić information content (AvgIpc) is 2.89. The van der Waals surface area contributed by atoms with Gasteiger partial charge < -0.3 is 18.9 Å². The van der Waals surface area contributed by atoms with Gasteiger partial charge >= 0.3 is 0 Å². The minimum Gasteiger partial charge on any atom is -0.493 e. The van der Waals surface area contributed by atoms with Crippen LogP contribution in [-0.4, -0.2) is 50.8 Å². The number of methoxy groups -OCH3 is 1. The van der Waals surface area contributed by atoms with E-state index in [9.17, 15) is 0 Å². The van der Waals surface area contributed by atoms with Crippen LogP contribution in [0.25, 0.3) is 0 Å². The first-order valence-corrected chi connectivity index (χ1v) is 13.3. The Labute approximate surface area is 216 Å². The topological polar surface area (TPSA) is 61.6 Å². The molecule has 6 heteroatoms. The Balaban J connectivity index is 1.57. The largest absolute Gasteiger partial charge is 0.493 e. The second kappa shape index (κ2) is 14.5. The Bertz CT molecular complexity index is 988. The summed E-state index contributed by atoms with van der Waals surface area (Å²) < 4.78 is 23.4. The molecule has 1 unspecified atom stereocenters. The molecule has 6 nitrogen and oxygen atoms in total. The lowest BCUT2D eigenvalue weighted by Gasteiger charge is -2.28. The SMILES string of the molecule is CCOC1=N[C@@H](CCc2ccc(OCCCCc3ccccc3)c(OC)c2)C(OCC)=NC1C(C)C. The fraction of sp³-hybridized carbons (Fsp3) is 0.533. The molecule has 0 amide bonds. The Morgan fingerprint density at radius 3 is 2.22 bits per heavy atom. The number of hydrogen-bond donors (Lipinski definition) is 0. The summed E-state index contributed by atoms with van der Waals surface area (Å²) in [6.07, 6.45) is 4.76. The molecule has 1 heterocycles. The summed E-state index contributed by atoms with van der Waals surface area (Å²) in [5.74, 6) is 3.27. The van der Waals surface area contributed by atoms with Crippen molar-refractivity contribution in [2.75, 3.05) is 26.9 Å². The number of unbranched alkanes of at least 4 members (excludes halogenated alkanes) is 1. The molecule has 1 aliphatic heterocycles. The lowest BCUT2D eigenvalue weighted by atomic mass is 10.00. The molecule has 2 aromatic carbocycles. The zero-order valence-corrected chi connectivity index (χ0v) is 22.5. The monoisotopic (exact) mass is 494 g/mol. The van der Waals surface area contributed by atoms with E-state index in [0.717, 1.165) is 49.5 Å². The fourth-order valence-electron chi connectivity index (χ4n) is 4.29. The van der Waals surface area contributed by atoms with Crippen molar-refractivity contribution >= 4 is 11.8 Å². The molecule has 3 rings (SSSR count). The molecule has 2 aromatic rings. The summed E-state index contributed by atoms with van der Waals surface area (Å²) in [6, 6.07) is 16.5. The number of aryl methyl sites for hydroxylation is 2. The summed E-state index contributed by atoms with van der Waals surface area (Å²) in [6.45, 7) is 10.1. The standard InChI is InChI=1S/C30H42N2O4/c1-6-34-29-25(31-30(35-7-2)28(32-29)22(3)4)18-16-24-17-19-26(27(21-24)33-5)36-20-12-11-15-23-13-9-8-10-14-23/h8-10,13-14,17,19,21-22,25,28H,6-7,11-12,15-16,18,20H2,1-5H3/t25-,28?/m0/s1. The van der Waals surface area contributed by atoms with Crippen molar-refractivity contribution < 1.29 is 18.9 Å². The van der Waals surface area contributed by atoms with E-state index in [1.54, 1.807) is 7.11 Å². The molecule has 196 valence electrons. The lowest BCUT2D eigenvalue weighted by Crippen LogP contribution is -2.38. The second-order valence-electron chi connectivity index (χ2n) is 9.32. The zero-order chi connectivity index (χ0) is 25.8. The highest BCUT2D eigenvalue weighted by atomic mass is 16.5. The molecule has 0 spiro atoms. The third-order valence-corrected chi connectivity index (χ3v) is 6.20. The van der Waals surface area contributed by atoms with Gasteiger partial charge in [0.05, 0.1) is 26.9 Å². The Kier molecular flexibility index (Phi) is 11.1. The Hall–Kier alpha value is -3.02. The first-order valence-electron chi connectivity index (χ1n) is 13.3. The molecule has 1 aliphatic rings. The van der Waals surface area contributed by atoms with Crippen molar-refractivity contribution in [2.24, 2.45) is 15.9 Å². The van der Waals surface area contributed by atoms with Crippen molar-refractivity contribution in [3.8, 4) is 11.5 Å². The van der Waals surface area contributed by atoms with Gasteiger partial charge in [0.15, 0.2) is 11.5 Å². The van der Waals surface area contributed by atoms with Gasteiger partial charge in [-0.15, -0.1) is 0 Å². The van der Waals surface area contributed by atoms with Gasteiger partial charge in [-0.2, -0.15) is 0 Å². The van der Waals surface area contributed by atoms with Crippen LogP contribution in [-0.2, 0) is 22.3 Å². The quantitative estimate of drug-likeness (QED) is 0.306. The predicted octanol–water partition coefficient (Wildman–Crippen LogP) is 6.31. The van der Waals surface area contributed by atoms with Crippen LogP contribution in [0, 0.1) is 5.92 Å². The van der Waals surface area contributed by atoms with Gasteiger partial charge in [0.25, 0.3) is 0 Å². The average molecular weight is 495 g/mol. The van der Waals surface area contributed by atoms with E-state index in [-0.39, 0.29) is 12.1 Å². The van der Waals surface area contributed by atoms with Gasteiger partial charge in [0, 0.05) is 0 Å².